The number of esters is 2. The second-order valence-electron chi connectivity index (χ2n) is 16.0. The molecule has 83 heavy (non-hydrogen) atoms. The van der Waals surface area contributed by atoms with Gasteiger partial charge in [-0.2, -0.15) is 0 Å². The third-order valence-corrected chi connectivity index (χ3v) is 10.3. The van der Waals surface area contributed by atoms with E-state index in [0.717, 1.165) is 83.2 Å². The maximum Gasteiger partial charge on any atom is 1.00 e. The Morgan fingerprint density at radius 1 is 0.687 bits per heavy atom. The average Bonchev–Trinajstić information content (AvgIpc) is 4.21. The second kappa shape index (κ2) is 61.8. The minimum Gasteiger partial charge on any atom is -1.00 e. The Morgan fingerprint density at radius 2 is 1.06 bits per heavy atom. The van der Waals surface area contributed by atoms with Gasteiger partial charge in [-0.25, -0.2) is 18.6 Å². The number of halogens is 5. The second-order valence-corrected chi connectivity index (χ2v) is 23.2. The molecule has 28 heteroatoms. The van der Waals surface area contributed by atoms with Gasteiger partial charge in [0.2, 0.25) is 9.23 Å². The van der Waals surface area contributed by atoms with Crippen molar-refractivity contribution in [3.63, 3.8) is 0 Å². The van der Waals surface area contributed by atoms with E-state index in [1.165, 1.54) is 39.9 Å². The van der Waals surface area contributed by atoms with Crippen molar-refractivity contribution in [3.8, 4) is 0 Å². The summed E-state index contributed by atoms with van der Waals surface area (Å²) in [6.45, 7) is 3.48. The molecule has 4 aromatic rings. The van der Waals surface area contributed by atoms with Gasteiger partial charge in [0.05, 0.1) is 42.6 Å². The molecule has 464 valence electrons. The number of aliphatic carboxylic acids is 1. The molecule has 0 aromatic heterocycles. The zero-order chi connectivity index (χ0) is 61.8. The van der Waals surface area contributed by atoms with Crippen molar-refractivity contribution in [3.05, 3.63) is 156 Å². The molecule has 3 fully saturated rings. The molecule has 8 atom stereocenters. The Morgan fingerprint density at radius 3 is 1.35 bits per heavy atom. The van der Waals surface area contributed by atoms with Crippen molar-refractivity contribution >= 4 is 128 Å². The fourth-order valence-electron chi connectivity index (χ4n) is 6.53. The molecule has 17 nitrogen and oxygen atoms in total. The fourth-order valence-corrected chi connectivity index (χ4v) is 6.53. The molecule has 3 saturated heterocycles. The van der Waals surface area contributed by atoms with Gasteiger partial charge in [0.15, 0.2) is 71.3 Å². The Bertz CT molecular complexity index is 2200. The van der Waals surface area contributed by atoms with Crippen LogP contribution in [0.3, 0.4) is 0 Å². The van der Waals surface area contributed by atoms with Crippen LogP contribution in [-0.2, 0) is 73.3 Å². The first-order valence-corrected chi connectivity index (χ1v) is 32.8. The van der Waals surface area contributed by atoms with Crippen LogP contribution in [0.2, 0.25) is 0 Å². The van der Waals surface area contributed by atoms with Gasteiger partial charge in [-0.1, -0.05) is 156 Å². The summed E-state index contributed by atoms with van der Waals surface area (Å²) in [5.74, 6) is -2.26. The normalized spacial score (nSPS) is 16.8. The molecule has 4 aromatic carbocycles. The zero-order valence-corrected chi connectivity index (χ0v) is 53.9. The largest absolute Gasteiger partial charge is 1.00 e. The van der Waals surface area contributed by atoms with Crippen LogP contribution in [0.1, 0.15) is 112 Å². The molecule has 4 unspecified atom stereocenters. The number of carboxylic acids is 1. The van der Waals surface area contributed by atoms with Crippen LogP contribution < -0.4 is 18.9 Å². The summed E-state index contributed by atoms with van der Waals surface area (Å²) in [4.78, 5) is 32.9. The molecule has 0 radical (unpaired) electrons. The van der Waals surface area contributed by atoms with E-state index in [4.69, 9.17) is 88.8 Å². The number of hydrogen-bond acceptors (Lipinski definition) is 17. The minimum absolute atomic E-state index is 0. The number of carbonyl (C=O) groups is 3. The molecular formula is C55H82AlCl5LiO17P2S2+. The van der Waals surface area contributed by atoms with E-state index in [1.54, 1.807) is 60.9 Å². The summed E-state index contributed by atoms with van der Waals surface area (Å²) in [6.07, 6.45) is 10.8. The predicted molar refractivity (Wildman–Crippen MR) is 339 cm³/mol. The van der Waals surface area contributed by atoms with Crippen molar-refractivity contribution in [2.24, 2.45) is 0 Å². The summed E-state index contributed by atoms with van der Waals surface area (Å²) in [5, 5.41) is 43.0. The van der Waals surface area contributed by atoms with Crippen LogP contribution in [0.25, 0.3) is 0 Å². The van der Waals surface area contributed by atoms with E-state index in [0.29, 0.717) is 17.7 Å². The molecule has 0 aliphatic carbocycles. The fraction of sp³-hybridized carbons (Fsp3) is 0.473. The van der Waals surface area contributed by atoms with Crippen LogP contribution in [0.5, 0.6) is 0 Å². The summed E-state index contributed by atoms with van der Waals surface area (Å²) in [7, 11) is 13.2. The Kier molecular flexibility index (Phi) is 63.5. The van der Waals surface area contributed by atoms with E-state index in [-0.39, 0.29) is 62.9 Å². The summed E-state index contributed by atoms with van der Waals surface area (Å²) >= 11 is 18.7. The number of aliphatic hydroxyl groups is 4. The number of aliphatic hydroxyl groups excluding tert-OH is 4. The predicted octanol–water partition coefficient (Wildman–Crippen LogP) is 8.00. The first-order valence-electron chi connectivity index (χ1n) is 25.6. The van der Waals surface area contributed by atoms with Gasteiger partial charge in [-0.05, 0) is 92.5 Å². The van der Waals surface area contributed by atoms with Crippen LogP contribution in [0.15, 0.2) is 134 Å². The van der Waals surface area contributed by atoms with Crippen molar-refractivity contribution < 1.29 is 102 Å². The molecular weight excluding hydrogens is 1270 g/mol. The zero-order valence-electron chi connectivity index (χ0n) is 48.4. The van der Waals surface area contributed by atoms with Gasteiger partial charge < -0.3 is 64.9 Å². The Balaban J connectivity index is -0.000000295. The quantitative estimate of drug-likeness (QED) is 0.0297. The van der Waals surface area contributed by atoms with E-state index >= 15 is 0 Å². The van der Waals surface area contributed by atoms with Crippen molar-refractivity contribution in [2.45, 2.75) is 105 Å². The van der Waals surface area contributed by atoms with E-state index in [9.17, 15) is 24.6 Å². The van der Waals surface area contributed by atoms with Crippen LogP contribution in [0.4, 0.5) is 0 Å². The molecule has 4 aliphatic rings. The molecule has 0 saturated carbocycles. The number of carboxylic acid groups (broad SMARTS) is 1. The summed E-state index contributed by atoms with van der Waals surface area (Å²) in [5.41, 5.74) is 2.74. The number of alkyl halides is 3. The maximum atomic E-state index is 11.8. The smallest absolute Gasteiger partial charge is 1.00 e. The van der Waals surface area contributed by atoms with Crippen molar-refractivity contribution in [1.82, 2.24) is 0 Å². The summed E-state index contributed by atoms with van der Waals surface area (Å²) < 4.78 is 56.2. The van der Waals surface area contributed by atoms with Crippen LogP contribution in [0, 0.1) is 0 Å². The molecule has 4 aliphatic heterocycles. The monoisotopic (exact) mass is 1350 g/mol. The number of methoxy groups -OCH3 is 2. The number of carbonyl (C=O) groups excluding carboxylic acids is 2. The third-order valence-electron chi connectivity index (χ3n) is 10.3. The molecule has 8 rings (SSSR count). The van der Waals surface area contributed by atoms with Gasteiger partial charge in [0, 0.05) is 54.9 Å². The Hall–Kier alpha value is -1.85. The standard InChI is InChI=1S/C14H18O4.C13H18O3.C9H10O3.C8H8O3.C5H8O.C4H8O.CHCl3.CH4O.Al.Cl2OS.Li.H2P2S.4H/c1-16-14(15)13(11-7-3-2-4-8-11)18-12-9-5-6-10-17-12;14-10-12(11-6-2-1-3-7-11)16-13-8-4-5-9-15-13;1-12-9(11)8(10)7-5-3-2-4-6-7;9-7(8(10)11)6-4-2-1-3-5-6;1-2-4-6-5-3-1;1-2-4-5-3-1;2-1(3)4;1-2;;1-4(2)3;;1-2-3;;;;/h2-4,7-8,12-13H,5-6,9-10H2,1H3;1-3,6-7,12-14H,4-5,8-10H2;2-6,8,10H,1H3;1-5,7,9H,(H,10,11);2,4H,1,3,5H2;1-4H2;1H;2H,1H3;;;;1H2;;;;/q;;;;;;;;;;+1;;;;;-1/p+1/t12?,13-;12-,13?;8-;7-;;;;;;;;;;;;/m1000............/s1/i/hT. The SMILES string of the molecule is C1=COCCC1.C1CCOC1.CO.COC(=O)[C@@H](O)c1ccccc1.COC(=O)[C@H](OC1CCCCO1)c1ccccc1.ClC(Cl)Cl.O=C(O)[C@@H](O)c1ccccc1.O=S(Cl)Cl.OC[C@H](OC1CCCCO1)c1ccccc1.[3H][P+](P)=S.[AlH3].[H-].[Li+]. The van der Waals surface area contributed by atoms with Crippen molar-refractivity contribution in [2.75, 3.05) is 61.0 Å². The summed E-state index contributed by atoms with van der Waals surface area (Å²) in [6, 6.07) is 36.0. The molecule has 5 N–H and O–H groups in total. The number of hydrogen-bond donors (Lipinski definition) is 5. The van der Waals surface area contributed by atoms with Gasteiger partial charge in [-0.15, -0.1) is 0 Å². The topological polar surface area (TPSA) is 243 Å². The maximum absolute atomic E-state index is 11.8. The van der Waals surface area contributed by atoms with E-state index in [2.05, 4.69) is 46.8 Å². The van der Waals surface area contributed by atoms with Gasteiger partial charge in [0.1, 0.15) is 6.10 Å². The van der Waals surface area contributed by atoms with Crippen LogP contribution in [-0.4, -0.2) is 144 Å². The van der Waals surface area contributed by atoms with Gasteiger partial charge in [-0.3, -0.25) is 0 Å². The van der Waals surface area contributed by atoms with Crippen LogP contribution >= 0.6 is 72.1 Å². The van der Waals surface area contributed by atoms with Crippen molar-refractivity contribution in [1.29, 1.82) is 1.28 Å². The number of allylic oxidation sites excluding steroid dienone is 1. The average molecular weight is 1350 g/mol. The molecule has 0 spiro atoms. The first-order chi connectivity index (χ1) is 39.4. The number of ether oxygens (including phenoxy) is 8. The third kappa shape index (κ3) is 49.8. The number of benzene rings is 4. The van der Waals surface area contributed by atoms with E-state index in [1.807, 2.05) is 72.8 Å². The minimum atomic E-state index is -1.67. The number of rotatable bonds is 12. The van der Waals surface area contributed by atoms with Gasteiger partial charge >= 0.3 is 38.0 Å². The van der Waals surface area contributed by atoms with E-state index < -0.39 is 56.7 Å². The Labute approximate surface area is 550 Å². The molecule has 0 amide bonds. The molecule has 4 heterocycles. The first kappa shape index (κ1) is 85.4. The molecule has 0 bridgehead atoms. The van der Waals surface area contributed by atoms with Gasteiger partial charge in [0.25, 0.3) is 0 Å².